The monoisotopic (exact) mass is 262 g/mol. The van der Waals surface area contributed by atoms with Crippen molar-refractivity contribution in [3.05, 3.63) is 29.8 Å². The van der Waals surface area contributed by atoms with E-state index in [9.17, 15) is 0 Å². The number of benzene rings is 1. The quantitative estimate of drug-likeness (QED) is 0.906. The van der Waals surface area contributed by atoms with Gasteiger partial charge in [0.15, 0.2) is 0 Å². The Morgan fingerprint density at radius 2 is 2.05 bits per heavy atom. The minimum Gasteiger partial charge on any atom is -0.379 e. The van der Waals surface area contributed by atoms with E-state index < -0.39 is 0 Å². The highest BCUT2D eigenvalue weighted by Crippen LogP contribution is 2.26. The van der Waals surface area contributed by atoms with E-state index in [1.165, 1.54) is 17.7 Å². The summed E-state index contributed by atoms with van der Waals surface area (Å²) in [6, 6.07) is 8.84. The smallest absolute Gasteiger partial charge is 0.0772 e. The molecule has 3 heteroatoms. The Morgan fingerprint density at radius 3 is 2.63 bits per heavy atom. The number of ether oxygens (including phenoxy) is 1. The molecule has 1 aliphatic heterocycles. The van der Waals surface area contributed by atoms with E-state index in [1.807, 2.05) is 7.11 Å². The van der Waals surface area contributed by atoms with Crippen molar-refractivity contribution in [1.82, 2.24) is 0 Å². The molecule has 3 unspecified atom stereocenters. The normalized spacial score (nSPS) is 25.4. The first-order valence-electron chi connectivity index (χ1n) is 7.29. The molecule has 0 aromatic heterocycles. The summed E-state index contributed by atoms with van der Waals surface area (Å²) in [5.41, 5.74) is 8.55. The topological polar surface area (TPSA) is 38.5 Å². The van der Waals surface area contributed by atoms with E-state index in [-0.39, 0.29) is 6.04 Å². The fraction of sp³-hybridized carbons (Fsp3) is 0.625. The average molecular weight is 262 g/mol. The van der Waals surface area contributed by atoms with Crippen molar-refractivity contribution in [3.63, 3.8) is 0 Å². The van der Waals surface area contributed by atoms with Crippen molar-refractivity contribution in [1.29, 1.82) is 0 Å². The molecule has 1 aromatic carbocycles. The highest BCUT2D eigenvalue weighted by atomic mass is 16.5. The minimum atomic E-state index is 0.155. The fourth-order valence-corrected chi connectivity index (χ4v) is 2.74. The van der Waals surface area contributed by atoms with Crippen molar-refractivity contribution in [2.24, 2.45) is 11.7 Å². The van der Waals surface area contributed by atoms with E-state index >= 15 is 0 Å². The summed E-state index contributed by atoms with van der Waals surface area (Å²) in [6.07, 6.45) is 2.51. The fourth-order valence-electron chi connectivity index (χ4n) is 2.74. The van der Waals surface area contributed by atoms with Crippen LogP contribution in [0.1, 0.15) is 38.3 Å². The second-order valence-corrected chi connectivity index (χ2v) is 5.59. The lowest BCUT2D eigenvalue weighted by Gasteiger charge is -2.37. The molecule has 3 atom stereocenters. The van der Waals surface area contributed by atoms with Crippen LogP contribution in [-0.4, -0.2) is 26.3 Å². The van der Waals surface area contributed by atoms with Gasteiger partial charge in [0.05, 0.1) is 6.10 Å². The Labute approximate surface area is 116 Å². The van der Waals surface area contributed by atoms with Crippen molar-refractivity contribution in [3.8, 4) is 0 Å². The third-order valence-electron chi connectivity index (χ3n) is 4.32. The van der Waals surface area contributed by atoms with E-state index in [1.54, 1.807) is 0 Å². The molecule has 19 heavy (non-hydrogen) atoms. The van der Waals surface area contributed by atoms with Crippen molar-refractivity contribution >= 4 is 5.69 Å². The number of rotatable bonds is 4. The Hall–Kier alpha value is -1.06. The van der Waals surface area contributed by atoms with E-state index in [2.05, 4.69) is 43.0 Å². The Kier molecular flexibility index (Phi) is 4.83. The highest BCUT2D eigenvalue weighted by molar-refractivity contribution is 5.48. The zero-order chi connectivity index (χ0) is 13.8. The van der Waals surface area contributed by atoms with Gasteiger partial charge in [-0.05, 0) is 36.5 Å². The molecule has 0 amide bonds. The molecule has 106 valence electrons. The molecule has 1 saturated heterocycles. The van der Waals surface area contributed by atoms with E-state index in [0.717, 1.165) is 19.5 Å². The van der Waals surface area contributed by atoms with Crippen LogP contribution < -0.4 is 10.6 Å². The van der Waals surface area contributed by atoms with Gasteiger partial charge in [0, 0.05) is 31.9 Å². The lowest BCUT2D eigenvalue weighted by atomic mass is 9.95. The predicted octanol–water partition coefficient (Wildman–Crippen LogP) is 2.96. The van der Waals surface area contributed by atoms with Gasteiger partial charge in [0.2, 0.25) is 0 Å². The summed E-state index contributed by atoms with van der Waals surface area (Å²) in [4.78, 5) is 2.41. The summed E-state index contributed by atoms with van der Waals surface area (Å²) < 4.78 is 5.57. The molecular formula is C16H26N2O. The third-order valence-corrected chi connectivity index (χ3v) is 4.32. The SMILES string of the molecule is CCC(N)c1ccc(N2CCC(C)C(OC)C2)cc1. The lowest BCUT2D eigenvalue weighted by molar-refractivity contribution is 0.0498. The van der Waals surface area contributed by atoms with Crippen LogP contribution in [0.2, 0.25) is 0 Å². The van der Waals surface area contributed by atoms with Crippen molar-refractivity contribution < 1.29 is 4.74 Å². The molecular weight excluding hydrogens is 236 g/mol. The van der Waals surface area contributed by atoms with Gasteiger partial charge in [0.25, 0.3) is 0 Å². The summed E-state index contributed by atoms with van der Waals surface area (Å²) in [7, 11) is 1.81. The number of methoxy groups -OCH3 is 1. The van der Waals surface area contributed by atoms with Crippen LogP contribution in [0.25, 0.3) is 0 Å². The molecule has 0 radical (unpaired) electrons. The van der Waals surface area contributed by atoms with Gasteiger partial charge >= 0.3 is 0 Å². The molecule has 1 aromatic rings. The van der Waals surface area contributed by atoms with Crippen molar-refractivity contribution in [2.45, 2.75) is 38.8 Å². The highest BCUT2D eigenvalue weighted by Gasteiger charge is 2.26. The molecule has 2 N–H and O–H groups in total. The van der Waals surface area contributed by atoms with Gasteiger partial charge in [-0.25, -0.2) is 0 Å². The molecule has 0 aliphatic carbocycles. The Bertz CT molecular complexity index is 390. The maximum absolute atomic E-state index is 6.05. The van der Waals surface area contributed by atoms with Crippen LogP contribution in [0.3, 0.4) is 0 Å². The number of piperidine rings is 1. The molecule has 1 aliphatic rings. The van der Waals surface area contributed by atoms with Crippen LogP contribution >= 0.6 is 0 Å². The van der Waals surface area contributed by atoms with Gasteiger partial charge < -0.3 is 15.4 Å². The number of hydrogen-bond acceptors (Lipinski definition) is 3. The van der Waals surface area contributed by atoms with Crippen LogP contribution in [0.15, 0.2) is 24.3 Å². The number of hydrogen-bond donors (Lipinski definition) is 1. The minimum absolute atomic E-state index is 0.155. The Balaban J connectivity index is 2.06. The first kappa shape index (κ1) is 14.4. The molecule has 2 rings (SSSR count). The Morgan fingerprint density at radius 1 is 1.37 bits per heavy atom. The summed E-state index contributed by atoms with van der Waals surface area (Å²) in [6.45, 7) is 6.49. The summed E-state index contributed by atoms with van der Waals surface area (Å²) >= 11 is 0. The standard InChI is InChI=1S/C16H26N2O/c1-4-15(17)13-5-7-14(8-6-13)18-10-9-12(2)16(11-18)19-3/h5-8,12,15-16H,4,9-11,17H2,1-3H3. The van der Waals surface area contributed by atoms with E-state index in [0.29, 0.717) is 12.0 Å². The van der Waals surface area contributed by atoms with Gasteiger partial charge in [-0.15, -0.1) is 0 Å². The zero-order valence-corrected chi connectivity index (χ0v) is 12.3. The lowest BCUT2D eigenvalue weighted by Crippen LogP contribution is -2.43. The first-order valence-corrected chi connectivity index (χ1v) is 7.29. The second kappa shape index (κ2) is 6.40. The van der Waals surface area contributed by atoms with Gasteiger partial charge in [-0.3, -0.25) is 0 Å². The predicted molar refractivity (Wildman–Crippen MR) is 80.5 cm³/mol. The zero-order valence-electron chi connectivity index (χ0n) is 12.3. The molecule has 1 fully saturated rings. The molecule has 0 bridgehead atoms. The third kappa shape index (κ3) is 3.28. The average Bonchev–Trinajstić information content (AvgIpc) is 2.47. The van der Waals surface area contributed by atoms with Crippen molar-refractivity contribution in [2.75, 3.05) is 25.1 Å². The van der Waals surface area contributed by atoms with Gasteiger partial charge in [0.1, 0.15) is 0 Å². The molecule has 0 saturated carbocycles. The van der Waals surface area contributed by atoms with E-state index in [4.69, 9.17) is 10.5 Å². The first-order chi connectivity index (χ1) is 9.15. The second-order valence-electron chi connectivity index (χ2n) is 5.59. The maximum Gasteiger partial charge on any atom is 0.0772 e. The molecule has 3 nitrogen and oxygen atoms in total. The summed E-state index contributed by atoms with van der Waals surface area (Å²) in [5, 5.41) is 0. The maximum atomic E-state index is 6.05. The van der Waals surface area contributed by atoms with Gasteiger partial charge in [-0.1, -0.05) is 26.0 Å². The van der Waals surface area contributed by atoms with Crippen LogP contribution in [0, 0.1) is 5.92 Å². The van der Waals surface area contributed by atoms with Crippen LogP contribution in [0.5, 0.6) is 0 Å². The molecule has 0 spiro atoms. The number of anilines is 1. The summed E-state index contributed by atoms with van der Waals surface area (Å²) in [5.74, 6) is 0.647. The largest absolute Gasteiger partial charge is 0.379 e. The van der Waals surface area contributed by atoms with Crippen LogP contribution in [-0.2, 0) is 4.74 Å². The van der Waals surface area contributed by atoms with Gasteiger partial charge in [-0.2, -0.15) is 0 Å². The van der Waals surface area contributed by atoms with Crippen LogP contribution in [0.4, 0.5) is 5.69 Å². The number of nitrogens with two attached hydrogens (primary N) is 1. The molecule has 1 heterocycles. The number of nitrogens with zero attached hydrogens (tertiary/aromatic N) is 1.